The molecule has 7 nitrogen and oxygen atoms in total. The molecule has 2 saturated carbocycles. The smallest absolute Gasteiger partial charge is 0.238 e. The van der Waals surface area contributed by atoms with Crippen molar-refractivity contribution in [1.82, 2.24) is 19.4 Å². The maximum Gasteiger partial charge on any atom is 0.238 e. The van der Waals surface area contributed by atoms with Crippen molar-refractivity contribution in [3.8, 4) is 11.3 Å². The van der Waals surface area contributed by atoms with E-state index in [0.717, 1.165) is 53.7 Å². The zero-order valence-electron chi connectivity index (χ0n) is 21.7. The Kier molecular flexibility index (Phi) is 5.40. The van der Waals surface area contributed by atoms with Crippen LogP contribution in [0.5, 0.6) is 0 Å². The summed E-state index contributed by atoms with van der Waals surface area (Å²) in [5, 5.41) is 0.500. The molecule has 1 amide bonds. The van der Waals surface area contributed by atoms with Gasteiger partial charge in [-0.1, -0.05) is 30.2 Å². The number of hydrogen-bond donors (Lipinski definition) is 0. The van der Waals surface area contributed by atoms with Gasteiger partial charge in [0.25, 0.3) is 0 Å². The van der Waals surface area contributed by atoms with Crippen LogP contribution in [0, 0.1) is 0 Å². The van der Waals surface area contributed by atoms with Gasteiger partial charge < -0.3 is 19.1 Å². The molecular formula is C30H34ClN5O2. The summed E-state index contributed by atoms with van der Waals surface area (Å²) in [5.74, 6) is 0.277. The Hall–Kier alpha value is -2.48. The van der Waals surface area contributed by atoms with Crippen molar-refractivity contribution in [2.75, 3.05) is 31.2 Å². The summed E-state index contributed by atoms with van der Waals surface area (Å²) in [7, 11) is 0. The van der Waals surface area contributed by atoms with E-state index >= 15 is 0 Å². The Bertz CT molecular complexity index is 1410. The number of carbonyl (C=O) groups is 1. The number of benzene rings is 1. The molecule has 2 aliphatic carbocycles. The van der Waals surface area contributed by atoms with Crippen molar-refractivity contribution >= 4 is 34.2 Å². The number of pyridine rings is 1. The minimum absolute atomic E-state index is 0.263. The minimum Gasteiger partial charge on any atom is -0.381 e. The van der Waals surface area contributed by atoms with E-state index in [9.17, 15) is 4.79 Å². The SMILES string of the molecule is O=C1N(C2CC(N3CCCCC3)C2)c2cc(-c3cc4ncn(C5CC5)c4c(Cl)n3)ccc2C12CCOCC2. The highest BCUT2D eigenvalue weighted by atomic mass is 35.5. The Balaban J connectivity index is 1.16. The second-order valence-corrected chi connectivity index (χ2v) is 12.4. The molecule has 0 unspecified atom stereocenters. The van der Waals surface area contributed by atoms with Gasteiger partial charge >= 0.3 is 0 Å². The number of hydrogen-bond acceptors (Lipinski definition) is 5. The Morgan fingerprint density at radius 1 is 0.974 bits per heavy atom. The van der Waals surface area contributed by atoms with Gasteiger partial charge in [-0.15, -0.1) is 0 Å². The fourth-order valence-electron chi connectivity index (χ4n) is 7.46. The Morgan fingerprint density at radius 3 is 2.53 bits per heavy atom. The summed E-state index contributed by atoms with van der Waals surface area (Å²) >= 11 is 6.73. The first-order valence-corrected chi connectivity index (χ1v) is 14.8. The van der Waals surface area contributed by atoms with Crippen LogP contribution >= 0.6 is 11.6 Å². The highest BCUT2D eigenvalue weighted by Gasteiger charge is 2.55. The van der Waals surface area contributed by atoms with Gasteiger partial charge in [-0.3, -0.25) is 4.79 Å². The van der Waals surface area contributed by atoms with Crippen molar-refractivity contribution in [1.29, 1.82) is 0 Å². The van der Waals surface area contributed by atoms with E-state index in [-0.39, 0.29) is 11.9 Å². The van der Waals surface area contributed by atoms with Gasteiger partial charge in [0, 0.05) is 42.6 Å². The molecule has 3 aliphatic heterocycles. The molecule has 1 spiro atoms. The fourth-order valence-corrected chi connectivity index (χ4v) is 7.74. The molecule has 38 heavy (non-hydrogen) atoms. The highest BCUT2D eigenvalue weighted by Crippen LogP contribution is 2.52. The summed E-state index contributed by atoms with van der Waals surface area (Å²) in [6, 6.07) is 9.90. The normalized spacial score (nSPS) is 27.2. The molecule has 5 aliphatic rings. The fraction of sp³-hybridized carbons (Fsp3) is 0.567. The van der Waals surface area contributed by atoms with Crippen LogP contribution in [0.25, 0.3) is 22.3 Å². The van der Waals surface area contributed by atoms with E-state index in [4.69, 9.17) is 21.3 Å². The molecule has 198 valence electrons. The average molecular weight is 532 g/mol. The lowest BCUT2D eigenvalue weighted by Gasteiger charge is -2.48. The molecule has 0 radical (unpaired) electrons. The molecular weight excluding hydrogens is 498 g/mol. The number of ether oxygens (including phenoxy) is 1. The van der Waals surface area contributed by atoms with Crippen LogP contribution in [0.4, 0.5) is 5.69 Å². The molecule has 8 heteroatoms. The minimum atomic E-state index is -0.458. The first-order chi connectivity index (χ1) is 18.6. The van der Waals surface area contributed by atoms with E-state index in [1.165, 1.54) is 50.8 Å². The van der Waals surface area contributed by atoms with Crippen molar-refractivity contribution in [2.24, 2.45) is 0 Å². The molecule has 2 saturated heterocycles. The zero-order chi connectivity index (χ0) is 25.4. The van der Waals surface area contributed by atoms with Gasteiger partial charge in [0.1, 0.15) is 5.52 Å². The highest BCUT2D eigenvalue weighted by molar-refractivity contribution is 6.34. The predicted molar refractivity (Wildman–Crippen MR) is 148 cm³/mol. The summed E-state index contributed by atoms with van der Waals surface area (Å²) in [4.78, 5) is 28.5. The molecule has 5 heterocycles. The van der Waals surface area contributed by atoms with Gasteiger partial charge in [0.15, 0.2) is 5.15 Å². The van der Waals surface area contributed by atoms with Crippen LogP contribution in [-0.4, -0.2) is 63.7 Å². The molecule has 4 fully saturated rings. The molecule has 3 aromatic rings. The zero-order valence-corrected chi connectivity index (χ0v) is 22.5. The van der Waals surface area contributed by atoms with Crippen molar-refractivity contribution in [3.63, 3.8) is 0 Å². The van der Waals surface area contributed by atoms with Gasteiger partial charge in [0.2, 0.25) is 5.91 Å². The number of carbonyl (C=O) groups excluding carboxylic acids is 1. The lowest BCUT2D eigenvalue weighted by Crippen LogP contribution is -2.57. The number of aromatic nitrogens is 3. The number of rotatable bonds is 4. The van der Waals surface area contributed by atoms with E-state index in [1.807, 2.05) is 12.4 Å². The Morgan fingerprint density at radius 2 is 1.76 bits per heavy atom. The van der Waals surface area contributed by atoms with E-state index < -0.39 is 5.41 Å². The second-order valence-electron chi connectivity index (χ2n) is 12.0. The Labute approximate surface area is 228 Å². The maximum atomic E-state index is 14.2. The van der Waals surface area contributed by atoms with E-state index in [2.05, 4.69) is 37.5 Å². The number of imidazole rings is 1. The first-order valence-electron chi connectivity index (χ1n) is 14.5. The third kappa shape index (κ3) is 3.51. The summed E-state index contributed by atoms with van der Waals surface area (Å²) in [5.41, 5.74) is 5.38. The third-order valence-electron chi connectivity index (χ3n) is 9.85. The number of anilines is 1. The third-order valence-corrected chi connectivity index (χ3v) is 10.1. The second kappa shape index (κ2) is 8.77. The molecule has 2 aromatic heterocycles. The topological polar surface area (TPSA) is 63.5 Å². The lowest BCUT2D eigenvalue weighted by atomic mass is 9.75. The van der Waals surface area contributed by atoms with Gasteiger partial charge in [-0.05, 0) is 82.2 Å². The molecule has 0 N–H and O–H groups in total. The van der Waals surface area contributed by atoms with E-state index in [1.54, 1.807) is 0 Å². The molecule has 1 aromatic carbocycles. The van der Waals surface area contributed by atoms with Crippen molar-refractivity contribution in [3.05, 3.63) is 41.3 Å². The predicted octanol–water partition coefficient (Wildman–Crippen LogP) is 5.50. The summed E-state index contributed by atoms with van der Waals surface area (Å²) in [6.45, 7) is 3.69. The van der Waals surface area contributed by atoms with Crippen LogP contribution in [0.15, 0.2) is 30.6 Å². The first kappa shape index (κ1) is 23.4. The molecule has 8 rings (SSSR count). The largest absolute Gasteiger partial charge is 0.381 e. The monoisotopic (exact) mass is 531 g/mol. The number of halogens is 1. The summed E-state index contributed by atoms with van der Waals surface area (Å²) in [6.07, 6.45) is 11.8. The number of piperidine rings is 1. The van der Waals surface area contributed by atoms with Crippen LogP contribution in [0.3, 0.4) is 0 Å². The van der Waals surface area contributed by atoms with Crippen molar-refractivity contribution in [2.45, 2.75) is 81.3 Å². The molecule has 0 bridgehead atoms. The number of fused-ring (bicyclic) bond motifs is 3. The summed E-state index contributed by atoms with van der Waals surface area (Å²) < 4.78 is 7.88. The number of nitrogens with zero attached hydrogens (tertiary/aromatic N) is 5. The maximum absolute atomic E-state index is 14.2. The van der Waals surface area contributed by atoms with Gasteiger partial charge in [-0.25, -0.2) is 9.97 Å². The van der Waals surface area contributed by atoms with Gasteiger partial charge in [-0.2, -0.15) is 0 Å². The van der Waals surface area contributed by atoms with Crippen LogP contribution in [-0.2, 0) is 14.9 Å². The van der Waals surface area contributed by atoms with Gasteiger partial charge in [0.05, 0.1) is 23.0 Å². The van der Waals surface area contributed by atoms with Crippen molar-refractivity contribution < 1.29 is 9.53 Å². The quantitative estimate of drug-likeness (QED) is 0.416. The van der Waals surface area contributed by atoms with Crippen LogP contribution in [0.2, 0.25) is 5.15 Å². The molecule has 0 atom stereocenters. The van der Waals surface area contributed by atoms with E-state index in [0.29, 0.717) is 30.5 Å². The lowest BCUT2D eigenvalue weighted by molar-refractivity contribution is -0.127. The standard InChI is InChI=1S/C30H34ClN5O2/c31-28-27-25(32-18-35(27)20-5-6-20)17-24(33-28)19-4-7-23-26(14-19)36(29(37)30(23)8-12-38-13-9-30)22-15-21(16-22)34-10-2-1-3-11-34/h4,7,14,17-18,20-22H,1-3,5-6,8-13,15-16H2. The van der Waals surface area contributed by atoms with Crippen LogP contribution < -0.4 is 4.90 Å². The number of likely N-dealkylation sites (tertiary alicyclic amines) is 1. The average Bonchev–Trinajstić information content (AvgIpc) is 3.64. The van der Waals surface area contributed by atoms with Crippen LogP contribution in [0.1, 0.15) is 69.4 Å². The number of amides is 1.